The van der Waals surface area contributed by atoms with Crippen molar-refractivity contribution in [1.82, 2.24) is 9.97 Å². The lowest BCUT2D eigenvalue weighted by Crippen LogP contribution is -2.35. The summed E-state index contributed by atoms with van der Waals surface area (Å²) < 4.78 is 0. The molecule has 0 unspecified atom stereocenters. The molecule has 1 aromatic rings. The van der Waals surface area contributed by atoms with Crippen molar-refractivity contribution in [1.29, 1.82) is 0 Å². The summed E-state index contributed by atoms with van der Waals surface area (Å²) in [7, 11) is 0. The lowest BCUT2D eigenvalue weighted by Gasteiger charge is -2.26. The molecule has 3 N–H and O–H groups in total. The van der Waals surface area contributed by atoms with E-state index in [1.165, 1.54) is 0 Å². The predicted molar refractivity (Wildman–Crippen MR) is 67.3 cm³/mol. The number of nitrogens with zero attached hydrogens (tertiary/aromatic N) is 4. The van der Waals surface area contributed by atoms with Gasteiger partial charge in [0, 0.05) is 30.9 Å². The number of aromatic nitrogens is 2. The molecule has 17 heavy (non-hydrogen) atoms. The topological polar surface area (TPSA) is 87.6 Å². The molecule has 1 heterocycles. The zero-order valence-corrected chi connectivity index (χ0v) is 10.5. The smallest absolute Gasteiger partial charge is 0.225 e. The lowest BCUT2D eigenvalue weighted by molar-refractivity contribution is 0.317. The molecule has 0 aliphatic carbocycles. The molecule has 6 nitrogen and oxygen atoms in total. The van der Waals surface area contributed by atoms with Crippen molar-refractivity contribution in [3.8, 4) is 0 Å². The second kappa shape index (κ2) is 6.03. The van der Waals surface area contributed by atoms with E-state index in [1.54, 1.807) is 6.20 Å². The van der Waals surface area contributed by atoms with Crippen LogP contribution in [-0.2, 0) is 0 Å². The Morgan fingerprint density at radius 3 is 2.82 bits per heavy atom. The van der Waals surface area contributed by atoms with E-state index in [1.807, 2.05) is 17.9 Å². The zero-order chi connectivity index (χ0) is 12.8. The first-order valence-corrected chi connectivity index (χ1v) is 5.57. The SMILES string of the molecule is Cc1ccnc(N(CCC(N)=NO)C(C)C)n1. The van der Waals surface area contributed by atoms with Crippen molar-refractivity contribution in [2.24, 2.45) is 10.9 Å². The molecule has 0 radical (unpaired) electrons. The third-order valence-electron chi connectivity index (χ3n) is 2.40. The molecule has 1 rings (SSSR count). The van der Waals surface area contributed by atoms with Gasteiger partial charge in [0.15, 0.2) is 0 Å². The first kappa shape index (κ1) is 13.2. The number of anilines is 1. The Hall–Kier alpha value is -1.85. The van der Waals surface area contributed by atoms with E-state index in [-0.39, 0.29) is 11.9 Å². The summed E-state index contributed by atoms with van der Waals surface area (Å²) in [6.45, 7) is 6.65. The quantitative estimate of drug-likeness (QED) is 0.347. The van der Waals surface area contributed by atoms with Gasteiger partial charge in [-0.2, -0.15) is 0 Å². The van der Waals surface area contributed by atoms with Gasteiger partial charge in [-0.25, -0.2) is 9.97 Å². The monoisotopic (exact) mass is 237 g/mol. The highest BCUT2D eigenvalue weighted by atomic mass is 16.4. The maximum absolute atomic E-state index is 8.51. The third-order valence-corrected chi connectivity index (χ3v) is 2.40. The summed E-state index contributed by atoms with van der Waals surface area (Å²) in [5.41, 5.74) is 6.38. The normalized spacial score (nSPS) is 11.9. The fraction of sp³-hybridized carbons (Fsp3) is 0.545. The summed E-state index contributed by atoms with van der Waals surface area (Å²) in [6, 6.07) is 2.11. The Balaban J connectivity index is 2.79. The summed E-state index contributed by atoms with van der Waals surface area (Å²) in [4.78, 5) is 10.6. The van der Waals surface area contributed by atoms with Crippen LogP contribution in [0.3, 0.4) is 0 Å². The van der Waals surface area contributed by atoms with Crippen LogP contribution in [0, 0.1) is 6.92 Å². The second-order valence-corrected chi connectivity index (χ2v) is 4.13. The standard InChI is InChI=1S/C11H19N5O/c1-8(2)16(7-5-10(12)15-17)11-13-6-4-9(3)14-11/h4,6,8,17H,5,7H2,1-3H3,(H2,12,15). The van der Waals surface area contributed by atoms with Crippen LogP contribution < -0.4 is 10.6 Å². The van der Waals surface area contributed by atoms with Gasteiger partial charge >= 0.3 is 0 Å². The average Bonchev–Trinajstić information content (AvgIpc) is 2.28. The number of nitrogens with two attached hydrogens (primary N) is 1. The molecule has 0 fully saturated rings. The largest absolute Gasteiger partial charge is 0.409 e. The van der Waals surface area contributed by atoms with Gasteiger partial charge in [-0.05, 0) is 26.8 Å². The molecule has 0 amide bonds. The Morgan fingerprint density at radius 1 is 1.59 bits per heavy atom. The van der Waals surface area contributed by atoms with Crippen molar-refractivity contribution in [3.05, 3.63) is 18.0 Å². The van der Waals surface area contributed by atoms with Crippen LogP contribution in [0.1, 0.15) is 26.0 Å². The first-order valence-electron chi connectivity index (χ1n) is 5.57. The first-order chi connectivity index (χ1) is 8.04. The molecule has 0 saturated heterocycles. The fourth-order valence-electron chi connectivity index (χ4n) is 1.45. The van der Waals surface area contributed by atoms with Crippen LogP contribution in [0.5, 0.6) is 0 Å². The number of rotatable bonds is 5. The van der Waals surface area contributed by atoms with Gasteiger partial charge < -0.3 is 15.8 Å². The number of hydrogen-bond acceptors (Lipinski definition) is 5. The molecule has 0 saturated carbocycles. The Morgan fingerprint density at radius 2 is 2.29 bits per heavy atom. The molecule has 0 aliphatic heterocycles. The molecule has 0 bridgehead atoms. The van der Waals surface area contributed by atoms with Gasteiger partial charge in [0.2, 0.25) is 5.95 Å². The highest BCUT2D eigenvalue weighted by Crippen LogP contribution is 2.11. The Kier molecular flexibility index (Phi) is 4.68. The minimum Gasteiger partial charge on any atom is -0.409 e. The minimum atomic E-state index is 0.211. The number of oxime groups is 1. The Bertz CT molecular complexity index is 391. The molecule has 0 spiro atoms. The zero-order valence-electron chi connectivity index (χ0n) is 10.5. The van der Waals surface area contributed by atoms with Crippen LogP contribution in [0.4, 0.5) is 5.95 Å². The van der Waals surface area contributed by atoms with Gasteiger partial charge in [0.25, 0.3) is 0 Å². The van der Waals surface area contributed by atoms with E-state index in [0.29, 0.717) is 18.9 Å². The van der Waals surface area contributed by atoms with Gasteiger partial charge in [-0.1, -0.05) is 5.16 Å². The maximum Gasteiger partial charge on any atom is 0.225 e. The minimum absolute atomic E-state index is 0.211. The number of amidine groups is 1. The van der Waals surface area contributed by atoms with E-state index in [4.69, 9.17) is 10.9 Å². The lowest BCUT2D eigenvalue weighted by atomic mass is 10.3. The van der Waals surface area contributed by atoms with Crippen LogP contribution >= 0.6 is 0 Å². The summed E-state index contributed by atoms with van der Waals surface area (Å²) in [6.07, 6.45) is 2.21. The molecule has 6 heteroatoms. The van der Waals surface area contributed by atoms with Crippen LogP contribution in [0.15, 0.2) is 17.4 Å². The second-order valence-electron chi connectivity index (χ2n) is 4.13. The predicted octanol–water partition coefficient (Wildman–Crippen LogP) is 1.14. The molecule has 0 aromatic carbocycles. The average molecular weight is 237 g/mol. The highest BCUT2D eigenvalue weighted by molar-refractivity contribution is 5.80. The van der Waals surface area contributed by atoms with Gasteiger partial charge in [-0.3, -0.25) is 0 Å². The third kappa shape index (κ3) is 3.90. The van der Waals surface area contributed by atoms with Crippen LogP contribution in [0.2, 0.25) is 0 Å². The van der Waals surface area contributed by atoms with Crippen molar-refractivity contribution in [2.45, 2.75) is 33.2 Å². The van der Waals surface area contributed by atoms with Crippen molar-refractivity contribution < 1.29 is 5.21 Å². The highest BCUT2D eigenvalue weighted by Gasteiger charge is 2.13. The van der Waals surface area contributed by atoms with Crippen LogP contribution in [-0.4, -0.2) is 33.6 Å². The van der Waals surface area contributed by atoms with Gasteiger partial charge in [0.1, 0.15) is 5.84 Å². The molecular formula is C11H19N5O. The molecule has 0 atom stereocenters. The summed E-state index contributed by atoms with van der Waals surface area (Å²) in [5.74, 6) is 0.883. The van der Waals surface area contributed by atoms with E-state index in [2.05, 4.69) is 29.0 Å². The van der Waals surface area contributed by atoms with Crippen molar-refractivity contribution in [3.63, 3.8) is 0 Å². The van der Waals surface area contributed by atoms with Gasteiger partial charge in [-0.15, -0.1) is 0 Å². The fourth-order valence-corrected chi connectivity index (χ4v) is 1.45. The van der Waals surface area contributed by atoms with E-state index >= 15 is 0 Å². The van der Waals surface area contributed by atoms with E-state index in [9.17, 15) is 0 Å². The molecule has 94 valence electrons. The molecule has 1 aromatic heterocycles. The van der Waals surface area contributed by atoms with E-state index < -0.39 is 0 Å². The van der Waals surface area contributed by atoms with Crippen molar-refractivity contribution in [2.75, 3.05) is 11.4 Å². The summed E-state index contributed by atoms with van der Waals surface area (Å²) >= 11 is 0. The van der Waals surface area contributed by atoms with Crippen molar-refractivity contribution >= 4 is 11.8 Å². The molecule has 0 aliphatic rings. The number of hydrogen-bond donors (Lipinski definition) is 2. The maximum atomic E-state index is 8.51. The molecular weight excluding hydrogens is 218 g/mol. The summed E-state index contributed by atoms with van der Waals surface area (Å²) in [5, 5.41) is 11.5. The van der Waals surface area contributed by atoms with E-state index in [0.717, 1.165) is 5.69 Å². The Labute approximate surface area is 101 Å². The van der Waals surface area contributed by atoms with Crippen LogP contribution in [0.25, 0.3) is 0 Å². The van der Waals surface area contributed by atoms with Gasteiger partial charge in [0.05, 0.1) is 0 Å². The number of aryl methyl sites for hydroxylation is 1.